The van der Waals surface area contributed by atoms with Crippen LogP contribution in [0.4, 0.5) is 9.59 Å². The summed E-state index contributed by atoms with van der Waals surface area (Å²) < 4.78 is 17.5. The minimum atomic E-state index is -1.83. The Bertz CT molecular complexity index is 895. The van der Waals surface area contributed by atoms with E-state index in [1.807, 2.05) is 60.3 Å². The van der Waals surface area contributed by atoms with Crippen molar-refractivity contribution in [2.45, 2.75) is 181 Å². The van der Waals surface area contributed by atoms with Crippen LogP contribution in [0, 0.1) is 0 Å². The van der Waals surface area contributed by atoms with Crippen LogP contribution in [-0.2, 0) is 18.7 Å². The van der Waals surface area contributed by atoms with E-state index < -0.39 is 19.5 Å². The Labute approximate surface area is 252 Å². The van der Waals surface area contributed by atoms with E-state index in [-0.39, 0.29) is 40.4 Å². The van der Waals surface area contributed by atoms with Crippen molar-refractivity contribution in [1.29, 1.82) is 0 Å². The van der Waals surface area contributed by atoms with Crippen LogP contribution in [0.25, 0.3) is 0 Å². The SMILES string of the molecule is CC(C)(C)OC(=O)N1[C@@H](C=O)CCCC1(C)C.CC(C)(C)OC(=O)N1[C@@H](CO[Si](C)(C)C(C)(C)C)CCCC1(C)C. The zero-order chi connectivity index (χ0) is 32.2. The lowest BCUT2D eigenvalue weighted by atomic mass is 9.87. The van der Waals surface area contributed by atoms with Gasteiger partial charge in [0.1, 0.15) is 17.5 Å². The molecule has 240 valence electrons. The van der Waals surface area contributed by atoms with Crippen molar-refractivity contribution in [2.75, 3.05) is 6.61 Å². The molecule has 0 aromatic carbocycles. The second-order valence-corrected chi connectivity index (χ2v) is 21.3. The molecule has 2 heterocycles. The zero-order valence-corrected chi connectivity index (χ0v) is 30.0. The number of hydrogen-bond acceptors (Lipinski definition) is 6. The van der Waals surface area contributed by atoms with E-state index in [1.165, 1.54) is 0 Å². The molecule has 2 fully saturated rings. The lowest BCUT2D eigenvalue weighted by molar-refractivity contribution is -0.116. The number of carbonyl (C=O) groups is 3. The Hall–Kier alpha value is -1.61. The number of piperidine rings is 2. The molecule has 2 rings (SSSR count). The van der Waals surface area contributed by atoms with E-state index in [0.717, 1.165) is 44.8 Å². The summed E-state index contributed by atoms with van der Waals surface area (Å²) in [5.74, 6) is 0. The van der Waals surface area contributed by atoms with Gasteiger partial charge >= 0.3 is 12.2 Å². The maximum absolute atomic E-state index is 12.8. The lowest BCUT2D eigenvalue weighted by Gasteiger charge is -2.48. The summed E-state index contributed by atoms with van der Waals surface area (Å²) in [6, 6.07) is -0.258. The molecule has 9 heteroatoms. The molecule has 41 heavy (non-hydrogen) atoms. The predicted molar refractivity (Wildman–Crippen MR) is 169 cm³/mol. The van der Waals surface area contributed by atoms with Crippen LogP contribution >= 0.6 is 0 Å². The van der Waals surface area contributed by atoms with Crippen LogP contribution in [0.15, 0.2) is 0 Å². The average Bonchev–Trinajstić information content (AvgIpc) is 2.73. The van der Waals surface area contributed by atoms with Crippen molar-refractivity contribution >= 4 is 26.8 Å². The molecule has 2 saturated heterocycles. The van der Waals surface area contributed by atoms with Gasteiger partial charge in [0.2, 0.25) is 0 Å². The number of nitrogens with zero attached hydrogens (tertiary/aromatic N) is 2. The highest BCUT2D eigenvalue weighted by molar-refractivity contribution is 6.74. The Morgan fingerprint density at radius 3 is 1.61 bits per heavy atom. The van der Waals surface area contributed by atoms with Crippen molar-refractivity contribution in [3.05, 3.63) is 0 Å². The van der Waals surface area contributed by atoms with Crippen LogP contribution in [-0.4, -0.2) is 77.6 Å². The van der Waals surface area contributed by atoms with Crippen LogP contribution in [0.1, 0.15) is 129 Å². The lowest BCUT2D eigenvalue weighted by Crippen LogP contribution is -2.59. The van der Waals surface area contributed by atoms with Gasteiger partial charge < -0.3 is 18.7 Å². The van der Waals surface area contributed by atoms with Crippen molar-refractivity contribution in [3.63, 3.8) is 0 Å². The van der Waals surface area contributed by atoms with E-state index >= 15 is 0 Å². The fraction of sp³-hybridized carbons (Fsp3) is 0.906. The number of amides is 2. The van der Waals surface area contributed by atoms with Gasteiger partial charge in [-0.05, 0) is 126 Å². The summed E-state index contributed by atoms with van der Waals surface area (Å²) in [6.07, 6.45) is 5.96. The molecule has 2 aliphatic rings. The van der Waals surface area contributed by atoms with Crippen molar-refractivity contribution in [3.8, 4) is 0 Å². The van der Waals surface area contributed by atoms with Crippen LogP contribution in [0.3, 0.4) is 0 Å². The largest absolute Gasteiger partial charge is 0.444 e. The number of hydrogen-bond donors (Lipinski definition) is 0. The van der Waals surface area contributed by atoms with E-state index in [1.54, 1.807) is 4.90 Å². The molecule has 2 aliphatic heterocycles. The first kappa shape index (κ1) is 37.4. The first-order valence-corrected chi connectivity index (χ1v) is 18.3. The normalized spacial score (nSPS) is 23.2. The van der Waals surface area contributed by atoms with Gasteiger partial charge in [0.05, 0.1) is 18.7 Å². The van der Waals surface area contributed by atoms with Gasteiger partial charge in [-0.2, -0.15) is 0 Å². The molecule has 0 spiro atoms. The molecule has 0 aliphatic carbocycles. The van der Waals surface area contributed by atoms with E-state index in [0.29, 0.717) is 6.61 Å². The highest BCUT2D eigenvalue weighted by Crippen LogP contribution is 2.39. The highest BCUT2D eigenvalue weighted by atomic mass is 28.4. The highest BCUT2D eigenvalue weighted by Gasteiger charge is 2.44. The van der Waals surface area contributed by atoms with Gasteiger partial charge in [0.25, 0.3) is 0 Å². The molecule has 0 saturated carbocycles. The van der Waals surface area contributed by atoms with Crippen molar-refractivity contribution in [1.82, 2.24) is 9.80 Å². The Morgan fingerprint density at radius 1 is 0.780 bits per heavy atom. The van der Waals surface area contributed by atoms with Gasteiger partial charge in [0.15, 0.2) is 8.32 Å². The fourth-order valence-corrected chi connectivity index (χ4v) is 6.21. The first-order chi connectivity index (χ1) is 18.2. The molecular weight excluding hydrogens is 536 g/mol. The first-order valence-electron chi connectivity index (χ1n) is 15.4. The maximum atomic E-state index is 12.8. The summed E-state index contributed by atoms with van der Waals surface area (Å²) in [7, 11) is -1.83. The van der Waals surface area contributed by atoms with Gasteiger partial charge in [-0.25, -0.2) is 9.59 Å². The van der Waals surface area contributed by atoms with Crippen molar-refractivity contribution in [2.24, 2.45) is 0 Å². The molecule has 0 radical (unpaired) electrons. The number of aldehydes is 1. The molecule has 2 atom stereocenters. The molecule has 0 unspecified atom stereocenters. The summed E-state index contributed by atoms with van der Waals surface area (Å²) in [5, 5.41) is 0.175. The molecule has 8 nitrogen and oxygen atoms in total. The van der Waals surface area contributed by atoms with Gasteiger partial charge in [-0.3, -0.25) is 9.80 Å². The fourth-order valence-electron chi connectivity index (χ4n) is 5.17. The molecule has 2 amide bonds. The number of ether oxygens (including phenoxy) is 2. The van der Waals surface area contributed by atoms with Gasteiger partial charge in [0, 0.05) is 11.1 Å². The maximum Gasteiger partial charge on any atom is 0.411 e. The molecule has 0 bridgehead atoms. The number of carbonyl (C=O) groups excluding carboxylic acids is 3. The van der Waals surface area contributed by atoms with E-state index in [4.69, 9.17) is 13.9 Å². The Kier molecular flexibility index (Phi) is 12.2. The topological polar surface area (TPSA) is 85.4 Å². The van der Waals surface area contributed by atoms with E-state index in [2.05, 4.69) is 47.7 Å². The van der Waals surface area contributed by atoms with Gasteiger partial charge in [-0.1, -0.05) is 20.8 Å². The number of likely N-dealkylation sites (tertiary alicyclic amines) is 2. The third kappa shape index (κ3) is 11.2. The van der Waals surface area contributed by atoms with Gasteiger partial charge in [-0.15, -0.1) is 0 Å². The summed E-state index contributed by atoms with van der Waals surface area (Å²) in [4.78, 5) is 39.6. The molecule has 0 aromatic heterocycles. The molecular formula is C32H62N2O6Si. The average molecular weight is 599 g/mol. The smallest absolute Gasteiger partial charge is 0.411 e. The number of rotatable bonds is 4. The van der Waals surface area contributed by atoms with Crippen molar-refractivity contribution < 1.29 is 28.3 Å². The Balaban J connectivity index is 0.000000435. The summed E-state index contributed by atoms with van der Waals surface area (Å²) in [5.41, 5.74) is -1.51. The minimum absolute atomic E-state index is 0.0951. The standard InChI is InChI=1S/C19H39NO3Si.C13H23NO3/c1-17(2,3)23-16(21)20-15(12-11-13-19(20,7)8)14-22-24(9,10)18(4,5)6;1-12(2,3)17-11(16)14-10(9-15)7-6-8-13(14,4)5/h15H,11-14H2,1-10H3;9-10H,6-8H2,1-5H3/t15-;10-/m11/s1. The van der Waals surface area contributed by atoms with E-state index in [9.17, 15) is 14.4 Å². The summed E-state index contributed by atoms with van der Waals surface area (Å²) >= 11 is 0. The van der Waals surface area contributed by atoms with Crippen LogP contribution in [0.2, 0.25) is 18.1 Å². The quantitative estimate of drug-likeness (QED) is 0.239. The third-order valence-electron chi connectivity index (χ3n) is 8.40. The minimum Gasteiger partial charge on any atom is -0.444 e. The predicted octanol–water partition coefficient (Wildman–Crippen LogP) is 8.33. The van der Waals surface area contributed by atoms with Crippen LogP contribution in [0.5, 0.6) is 0 Å². The molecule has 0 N–H and O–H groups in total. The third-order valence-corrected chi connectivity index (χ3v) is 12.9. The zero-order valence-electron chi connectivity index (χ0n) is 29.0. The summed E-state index contributed by atoms with van der Waals surface area (Å²) in [6.45, 7) is 31.4. The monoisotopic (exact) mass is 598 g/mol. The Morgan fingerprint density at radius 2 is 1.20 bits per heavy atom. The van der Waals surface area contributed by atoms with Crippen LogP contribution < -0.4 is 0 Å². The molecule has 0 aromatic rings. The second kappa shape index (κ2) is 13.4. The second-order valence-electron chi connectivity index (χ2n) is 16.5.